The smallest absolute Gasteiger partial charge is 0.214 e. The topological polar surface area (TPSA) is 16.8 Å². The van der Waals surface area contributed by atoms with Gasteiger partial charge in [-0.3, -0.25) is 0 Å². The van der Waals surface area contributed by atoms with Crippen LogP contribution in [-0.2, 0) is 7.05 Å². The van der Waals surface area contributed by atoms with Gasteiger partial charge in [0.1, 0.15) is 12.6 Å². The normalized spacial score (nSPS) is 17.5. The summed E-state index contributed by atoms with van der Waals surface area (Å²) in [5.74, 6) is -1.72. The molecule has 114 valence electrons. The van der Waals surface area contributed by atoms with Crippen molar-refractivity contribution in [1.82, 2.24) is 4.98 Å². The number of pyridine rings is 1. The van der Waals surface area contributed by atoms with Crippen LogP contribution in [0.3, 0.4) is 0 Å². The van der Waals surface area contributed by atoms with E-state index in [2.05, 4.69) is 37.9 Å². The summed E-state index contributed by atoms with van der Waals surface area (Å²) in [5, 5.41) is 0.321. The fourth-order valence-corrected chi connectivity index (χ4v) is 3.63. The third-order valence-electron chi connectivity index (χ3n) is 4.05. The molecule has 2 nitrogen and oxygen atoms in total. The summed E-state index contributed by atoms with van der Waals surface area (Å²) in [4.78, 5) is 4.45. The van der Waals surface area contributed by atoms with Gasteiger partial charge in [-0.15, -0.1) is 11.3 Å². The van der Waals surface area contributed by atoms with Crippen molar-refractivity contribution in [2.75, 3.05) is 0 Å². The lowest BCUT2D eigenvalue weighted by molar-refractivity contribution is -0.659. The van der Waals surface area contributed by atoms with Gasteiger partial charge in [0.2, 0.25) is 5.69 Å². The van der Waals surface area contributed by atoms with Gasteiger partial charge in [-0.25, -0.2) is 4.98 Å². The van der Waals surface area contributed by atoms with Crippen LogP contribution in [0.1, 0.15) is 46.9 Å². The Morgan fingerprint density at radius 1 is 1.27 bits per heavy atom. The van der Waals surface area contributed by atoms with Crippen molar-refractivity contribution in [2.24, 2.45) is 7.05 Å². The SMILES string of the molecule is [2H]C([2H])([2H])C([2H])(C)c1nc2c[n+](C)c(-c3cc(C)cc(C)c3C)cc2s1. The van der Waals surface area contributed by atoms with E-state index >= 15 is 0 Å². The summed E-state index contributed by atoms with van der Waals surface area (Å²) in [6.45, 7) is 5.29. The number of hydrogen-bond acceptors (Lipinski definition) is 2. The molecule has 3 heteroatoms. The molecule has 0 spiro atoms. The van der Waals surface area contributed by atoms with Crippen molar-refractivity contribution in [1.29, 1.82) is 0 Å². The molecule has 1 atom stereocenters. The summed E-state index contributed by atoms with van der Waals surface area (Å²) in [6, 6.07) is 6.39. The van der Waals surface area contributed by atoms with Crippen LogP contribution in [0.4, 0.5) is 0 Å². The second kappa shape index (κ2) is 5.47. The number of aromatic nitrogens is 2. The lowest BCUT2D eigenvalue weighted by Crippen LogP contribution is -2.30. The number of thiazole rings is 1. The van der Waals surface area contributed by atoms with Crippen molar-refractivity contribution in [3.05, 3.63) is 46.1 Å². The number of nitrogens with zero attached hydrogens (tertiary/aromatic N) is 2. The molecule has 0 N–H and O–H groups in total. The molecular formula is C19H23N2S+. The predicted molar refractivity (Wildman–Crippen MR) is 94.5 cm³/mol. The molecule has 0 bridgehead atoms. The first kappa shape index (κ1) is 10.9. The number of fused-ring (bicyclic) bond motifs is 1. The number of rotatable bonds is 2. The van der Waals surface area contributed by atoms with E-state index < -0.39 is 12.7 Å². The van der Waals surface area contributed by atoms with Crippen molar-refractivity contribution in [2.45, 2.75) is 40.4 Å². The lowest BCUT2D eigenvalue weighted by atomic mass is 9.97. The molecule has 0 amide bonds. The van der Waals surface area contributed by atoms with Crippen molar-refractivity contribution < 1.29 is 10.1 Å². The van der Waals surface area contributed by atoms with E-state index in [0.717, 1.165) is 21.5 Å². The van der Waals surface area contributed by atoms with Crippen LogP contribution in [0, 0.1) is 20.8 Å². The fourth-order valence-electron chi connectivity index (χ4n) is 2.75. The van der Waals surface area contributed by atoms with Gasteiger partial charge in [0.25, 0.3) is 0 Å². The highest BCUT2D eigenvalue weighted by Gasteiger charge is 2.18. The van der Waals surface area contributed by atoms with Crippen LogP contribution in [0.2, 0.25) is 0 Å². The van der Waals surface area contributed by atoms with E-state index in [1.807, 2.05) is 23.9 Å². The Labute approximate surface area is 142 Å². The molecule has 0 saturated carbocycles. The zero-order valence-electron chi connectivity index (χ0n) is 17.6. The first-order valence-corrected chi connectivity index (χ1v) is 8.12. The average molecular weight is 315 g/mol. The monoisotopic (exact) mass is 315 g/mol. The standard InChI is InChI=1S/C19H23N2S/c1-11(2)19-20-16-10-21(6)17(9-18(16)22-19)15-8-12(3)7-13(4)14(15)5/h7-11H,1-6H3/q+1/i1D3,11D. The molecule has 0 aliphatic heterocycles. The summed E-state index contributed by atoms with van der Waals surface area (Å²) < 4.78 is 34.1. The molecule has 0 fully saturated rings. The largest absolute Gasteiger partial charge is 0.235 e. The van der Waals surface area contributed by atoms with E-state index in [1.54, 1.807) is 0 Å². The van der Waals surface area contributed by atoms with Crippen LogP contribution in [-0.4, -0.2) is 4.98 Å². The maximum absolute atomic E-state index is 8.29. The van der Waals surface area contributed by atoms with Gasteiger partial charge in [0.05, 0.1) is 9.71 Å². The van der Waals surface area contributed by atoms with Gasteiger partial charge in [-0.05, 0) is 38.0 Å². The Morgan fingerprint density at radius 3 is 2.77 bits per heavy atom. The highest BCUT2D eigenvalue weighted by molar-refractivity contribution is 7.18. The molecule has 22 heavy (non-hydrogen) atoms. The maximum Gasteiger partial charge on any atom is 0.214 e. The molecule has 3 aromatic rings. The number of benzene rings is 1. The van der Waals surface area contributed by atoms with E-state index in [-0.39, 0.29) is 0 Å². The first-order valence-electron chi connectivity index (χ1n) is 9.31. The highest BCUT2D eigenvalue weighted by atomic mass is 32.1. The van der Waals surface area contributed by atoms with Crippen molar-refractivity contribution in [3.8, 4) is 11.3 Å². The molecule has 1 unspecified atom stereocenters. The summed E-state index contributed by atoms with van der Waals surface area (Å²) in [5.41, 5.74) is 6.61. The van der Waals surface area contributed by atoms with Crippen molar-refractivity contribution in [3.63, 3.8) is 0 Å². The Bertz CT molecular complexity index is 1000. The van der Waals surface area contributed by atoms with Gasteiger partial charge in [-0.2, -0.15) is 4.57 Å². The minimum atomic E-state index is -2.42. The van der Waals surface area contributed by atoms with Crippen LogP contribution in [0.25, 0.3) is 21.5 Å². The Balaban J connectivity index is 2.21. The minimum absolute atomic E-state index is 0.321. The third-order valence-corrected chi connectivity index (χ3v) is 5.19. The number of aryl methyl sites for hydroxylation is 3. The van der Waals surface area contributed by atoms with Crippen molar-refractivity contribution >= 4 is 21.6 Å². The van der Waals surface area contributed by atoms with E-state index in [1.165, 1.54) is 35.0 Å². The van der Waals surface area contributed by atoms with Gasteiger partial charge in [0, 0.05) is 23.0 Å². The first-order chi connectivity index (χ1) is 11.9. The second-order valence-electron chi connectivity index (χ2n) is 5.92. The van der Waals surface area contributed by atoms with E-state index in [9.17, 15) is 0 Å². The van der Waals surface area contributed by atoms with E-state index in [0.29, 0.717) is 5.01 Å². The Kier molecular flexibility index (Phi) is 2.71. The average Bonchev–Trinajstić information content (AvgIpc) is 2.92. The molecule has 2 heterocycles. The zero-order valence-corrected chi connectivity index (χ0v) is 14.4. The Morgan fingerprint density at radius 2 is 2.05 bits per heavy atom. The van der Waals surface area contributed by atoms with Crippen LogP contribution >= 0.6 is 11.3 Å². The minimum Gasteiger partial charge on any atom is -0.235 e. The molecule has 0 aliphatic carbocycles. The molecule has 3 rings (SSSR count). The highest BCUT2D eigenvalue weighted by Crippen LogP contribution is 2.31. The maximum atomic E-state index is 8.29. The summed E-state index contributed by atoms with van der Waals surface area (Å²) >= 11 is 1.29. The second-order valence-corrected chi connectivity index (χ2v) is 6.95. The molecule has 1 aromatic carbocycles. The molecular weight excluding hydrogens is 288 g/mol. The van der Waals surface area contributed by atoms with Gasteiger partial charge in [0.15, 0.2) is 6.20 Å². The molecule has 0 aliphatic rings. The van der Waals surface area contributed by atoms with Gasteiger partial charge < -0.3 is 0 Å². The molecule has 2 aromatic heterocycles. The third kappa shape index (κ3) is 2.54. The van der Waals surface area contributed by atoms with Crippen LogP contribution < -0.4 is 4.57 Å². The Hall–Kier alpha value is -1.74. The van der Waals surface area contributed by atoms with Gasteiger partial charge in [-0.1, -0.05) is 25.4 Å². The van der Waals surface area contributed by atoms with Crippen LogP contribution in [0.15, 0.2) is 24.4 Å². The fraction of sp³-hybridized carbons (Fsp3) is 0.368. The quantitative estimate of drug-likeness (QED) is 0.619. The summed E-state index contributed by atoms with van der Waals surface area (Å²) in [7, 11) is 1.97. The van der Waals surface area contributed by atoms with Crippen LogP contribution in [0.5, 0.6) is 0 Å². The van der Waals surface area contributed by atoms with E-state index in [4.69, 9.17) is 5.48 Å². The lowest BCUT2D eigenvalue weighted by Gasteiger charge is -2.09. The summed E-state index contributed by atoms with van der Waals surface area (Å²) in [6.07, 6.45) is 1.91. The number of hydrogen-bond donors (Lipinski definition) is 0. The van der Waals surface area contributed by atoms with Gasteiger partial charge >= 0.3 is 0 Å². The molecule has 0 saturated heterocycles. The zero-order chi connectivity index (χ0) is 19.4. The molecule has 0 radical (unpaired) electrons. The predicted octanol–water partition coefficient (Wildman–Crippen LogP) is 4.84.